The number of fused-ring (bicyclic) bond motifs is 5. The number of aliphatic hydroxyl groups is 1. The number of phenols is 2. The fourth-order valence-corrected chi connectivity index (χ4v) is 7.77. The molecule has 3 rings (SSSR count). The van der Waals surface area contributed by atoms with Crippen molar-refractivity contribution < 1.29 is 58.8 Å². The number of nitrogens with two attached hydrogens (primary N) is 1. The maximum Gasteiger partial charge on any atom is 0.325 e. The first kappa shape index (κ1) is 56.0. The van der Waals surface area contributed by atoms with Crippen LogP contribution >= 0.6 is 0 Å². The average molecular weight is 953 g/mol. The van der Waals surface area contributed by atoms with Gasteiger partial charge in [0.1, 0.15) is 41.7 Å². The van der Waals surface area contributed by atoms with Crippen molar-refractivity contribution in [3.05, 3.63) is 47.5 Å². The Morgan fingerprint density at radius 1 is 0.765 bits per heavy atom. The van der Waals surface area contributed by atoms with E-state index in [1.165, 1.54) is 116 Å². The van der Waals surface area contributed by atoms with Crippen LogP contribution in [0.5, 0.6) is 11.5 Å². The van der Waals surface area contributed by atoms with Gasteiger partial charge in [0.2, 0.25) is 35.4 Å². The molecule has 2 aromatic carbocycles. The molecule has 1 heterocycles. The molecule has 20 nitrogen and oxygen atoms in total. The summed E-state index contributed by atoms with van der Waals surface area (Å²) >= 11 is 0. The minimum atomic E-state index is -1.72. The highest BCUT2D eigenvalue weighted by Crippen LogP contribution is 2.38. The van der Waals surface area contributed by atoms with E-state index in [0.717, 1.165) is 35.5 Å². The molecule has 0 unspecified atom stereocenters. The highest BCUT2D eigenvalue weighted by atomic mass is 16.4. The topological polar surface area (TPSA) is 310 Å². The first-order chi connectivity index (χ1) is 32.3. The number of aliphatic carboxylic acids is 1. The van der Waals surface area contributed by atoms with E-state index in [1.807, 2.05) is 0 Å². The number of amides is 7. The molecular weight excluding hydrogens is 881 g/mol. The quantitative estimate of drug-likeness (QED) is 0.0505. The van der Waals surface area contributed by atoms with Crippen molar-refractivity contribution in [2.45, 2.75) is 153 Å². The molecule has 2 aromatic rings. The molecule has 6 atom stereocenters. The molecule has 7 amide bonds. The van der Waals surface area contributed by atoms with Gasteiger partial charge in [-0.2, -0.15) is 0 Å². The van der Waals surface area contributed by atoms with Crippen LogP contribution in [0.4, 0.5) is 0 Å². The van der Waals surface area contributed by atoms with Crippen molar-refractivity contribution in [2.24, 2.45) is 5.73 Å². The molecule has 0 spiro atoms. The number of likely N-dealkylation sites (N-methyl/N-ethyl adjacent to an activating group) is 2. The van der Waals surface area contributed by atoms with E-state index < -0.39 is 90.9 Å². The smallest absolute Gasteiger partial charge is 0.325 e. The van der Waals surface area contributed by atoms with Gasteiger partial charge >= 0.3 is 5.97 Å². The number of phenolic OH excluding ortho intramolecular Hbond substituents is 2. The summed E-state index contributed by atoms with van der Waals surface area (Å²) in [6.45, 7) is 3.26. The molecule has 0 aromatic heterocycles. The van der Waals surface area contributed by atoms with Gasteiger partial charge in [-0.25, -0.2) is 0 Å². The predicted molar refractivity (Wildman–Crippen MR) is 252 cm³/mol. The van der Waals surface area contributed by atoms with Crippen LogP contribution in [0, 0.1) is 0 Å². The summed E-state index contributed by atoms with van der Waals surface area (Å²) in [6.07, 6.45) is 13.1. The minimum Gasteiger partial charge on any atom is -0.507 e. The highest BCUT2D eigenvalue weighted by molar-refractivity contribution is 5.97. The number of rotatable bonds is 25. The van der Waals surface area contributed by atoms with E-state index in [9.17, 15) is 58.8 Å². The van der Waals surface area contributed by atoms with E-state index >= 15 is 0 Å². The minimum absolute atomic E-state index is 0.0262. The van der Waals surface area contributed by atoms with Crippen molar-refractivity contribution in [2.75, 3.05) is 27.2 Å². The normalized spacial score (nSPS) is 17.2. The van der Waals surface area contributed by atoms with Crippen LogP contribution in [0.1, 0.15) is 128 Å². The lowest BCUT2D eigenvalue weighted by Gasteiger charge is -2.30. The van der Waals surface area contributed by atoms with Gasteiger partial charge in [-0.05, 0) is 55.7 Å². The van der Waals surface area contributed by atoms with Gasteiger partial charge < -0.3 is 62.5 Å². The zero-order chi connectivity index (χ0) is 50.5. The number of carboxylic acids is 1. The molecule has 0 saturated heterocycles. The predicted octanol–water partition coefficient (Wildman–Crippen LogP) is 2.22. The van der Waals surface area contributed by atoms with Gasteiger partial charge in [0.25, 0.3) is 5.91 Å². The number of carbonyl (C=O) groups excluding carboxylic acids is 7. The summed E-state index contributed by atoms with van der Waals surface area (Å²) in [7, 11) is 2.61. The van der Waals surface area contributed by atoms with Crippen LogP contribution in [-0.2, 0) is 44.8 Å². The molecule has 0 saturated carbocycles. The molecule has 4 bridgehead atoms. The van der Waals surface area contributed by atoms with Gasteiger partial charge in [-0.3, -0.25) is 38.4 Å². The van der Waals surface area contributed by atoms with E-state index in [-0.39, 0.29) is 46.9 Å². The van der Waals surface area contributed by atoms with Crippen LogP contribution < -0.4 is 32.3 Å². The van der Waals surface area contributed by atoms with Crippen LogP contribution in [0.25, 0.3) is 11.1 Å². The average Bonchev–Trinajstić information content (AvgIpc) is 3.30. The van der Waals surface area contributed by atoms with E-state index in [2.05, 4.69) is 33.5 Å². The number of hydrogen-bond donors (Lipinski definition) is 10. The van der Waals surface area contributed by atoms with Crippen molar-refractivity contribution in [3.63, 3.8) is 0 Å². The summed E-state index contributed by atoms with van der Waals surface area (Å²) in [5.74, 6) is -7.71. The Bertz CT molecular complexity index is 2070. The molecule has 0 radical (unpaired) electrons. The fourth-order valence-electron chi connectivity index (χ4n) is 7.77. The first-order valence-electron chi connectivity index (χ1n) is 23.6. The third kappa shape index (κ3) is 17.1. The number of carboxylic acid groups (broad SMARTS) is 1. The maximum absolute atomic E-state index is 14.0. The number of nitrogens with one attached hydrogen (secondary N) is 5. The first-order valence-corrected chi connectivity index (χ1v) is 23.6. The van der Waals surface area contributed by atoms with Gasteiger partial charge in [0, 0.05) is 38.1 Å². The molecular formula is C48H72N8O12. The van der Waals surface area contributed by atoms with Gasteiger partial charge in [-0.15, -0.1) is 0 Å². The monoisotopic (exact) mass is 953 g/mol. The van der Waals surface area contributed by atoms with Gasteiger partial charge in [-0.1, -0.05) is 96.1 Å². The summed E-state index contributed by atoms with van der Waals surface area (Å²) in [6, 6.07) is 1.23. The second kappa shape index (κ2) is 28.1. The van der Waals surface area contributed by atoms with Gasteiger partial charge in [0.05, 0.1) is 13.2 Å². The lowest BCUT2D eigenvalue weighted by molar-refractivity contribution is -0.142. The number of nitrogens with zero attached hydrogens (tertiary/aromatic N) is 2. The van der Waals surface area contributed by atoms with E-state index in [1.54, 1.807) is 0 Å². The highest BCUT2D eigenvalue weighted by Gasteiger charge is 2.34. The third-order valence-corrected chi connectivity index (χ3v) is 12.1. The number of aromatic hydroxyl groups is 2. The third-order valence-electron chi connectivity index (χ3n) is 12.1. The van der Waals surface area contributed by atoms with Crippen LogP contribution in [0.3, 0.4) is 0 Å². The van der Waals surface area contributed by atoms with E-state index in [0.29, 0.717) is 12.0 Å². The number of unbranched alkanes of at least 4 members (excludes halogenated alkanes) is 12. The SMILES string of the molecule is CCCCCCCCCCCCCCCC(=O)N(C)[C@H](CO)C(=O)N[C@H](N)C(=O)NCC(=O)N(C)[C@@H]1C(=O)N[C@@H](C)C(=O)N[C@H](C(=O)N[C@H](C)C(=O)O)Cc2ccc(O)c(c2)-c2cc1ccc2O. The summed E-state index contributed by atoms with van der Waals surface area (Å²) < 4.78 is 0. The molecule has 376 valence electrons. The van der Waals surface area contributed by atoms with Crippen molar-refractivity contribution in [1.82, 2.24) is 36.4 Å². The van der Waals surface area contributed by atoms with Crippen molar-refractivity contribution in [3.8, 4) is 22.6 Å². The Labute approximate surface area is 398 Å². The zero-order valence-electron chi connectivity index (χ0n) is 40.0. The van der Waals surface area contributed by atoms with Crippen LogP contribution in [-0.4, -0.2) is 135 Å². The zero-order valence-corrected chi connectivity index (χ0v) is 40.0. The van der Waals surface area contributed by atoms with Crippen LogP contribution in [0.2, 0.25) is 0 Å². The van der Waals surface area contributed by atoms with Crippen molar-refractivity contribution >= 4 is 47.3 Å². The molecule has 11 N–H and O–H groups in total. The Hall–Kier alpha value is -6.28. The Kier molecular flexibility index (Phi) is 23.2. The number of aliphatic hydroxyl groups excluding tert-OH is 1. The molecule has 20 heteroatoms. The lowest BCUT2D eigenvalue weighted by atomic mass is 9.93. The number of benzene rings is 2. The molecule has 68 heavy (non-hydrogen) atoms. The summed E-state index contributed by atoms with van der Waals surface area (Å²) in [5, 5.41) is 53.2. The number of hydrogen-bond acceptors (Lipinski definition) is 12. The molecule has 0 aliphatic carbocycles. The second-order valence-electron chi connectivity index (χ2n) is 17.5. The second-order valence-corrected chi connectivity index (χ2v) is 17.5. The lowest BCUT2D eigenvalue weighted by Crippen LogP contribution is -2.59. The molecule has 0 fully saturated rings. The largest absolute Gasteiger partial charge is 0.507 e. The van der Waals surface area contributed by atoms with Crippen LogP contribution in [0.15, 0.2) is 36.4 Å². The molecule has 1 aliphatic rings. The fraction of sp³-hybridized carbons (Fsp3) is 0.583. The summed E-state index contributed by atoms with van der Waals surface area (Å²) in [4.78, 5) is 107. The Balaban J connectivity index is 1.65. The Morgan fingerprint density at radius 3 is 1.90 bits per heavy atom. The standard InChI is InChI=1S/C48H72N8O12/c1-6-7-8-9-10-11-12-13-14-15-16-17-18-19-39(60)55(4)36(28-57)45(64)54-42(49)47(66)50-27-40(61)56(5)41-32-21-23-38(59)34(26-32)33-24-31(20-22-37(33)58)25-35(44(63)52-30(3)48(67)68)53-43(62)29(2)51-46(41)65/h20-24,26,29-30,35-36,41-42,57-59H,6-19,25,27-28,49H2,1-5H3,(H,50,66)(H,51,65)(H,52,63)(H,53,62)(H,54,64)(H,67,68)/t29-,30+,35-,36+,41-,42-/m0/s1. The van der Waals surface area contributed by atoms with Crippen molar-refractivity contribution in [1.29, 1.82) is 0 Å². The Morgan fingerprint density at radius 2 is 1.32 bits per heavy atom. The van der Waals surface area contributed by atoms with Gasteiger partial charge in [0.15, 0.2) is 6.17 Å². The number of carbonyl (C=O) groups is 8. The molecule has 1 aliphatic heterocycles. The maximum atomic E-state index is 14.0. The van der Waals surface area contributed by atoms with E-state index in [4.69, 9.17) is 5.73 Å². The summed E-state index contributed by atoms with van der Waals surface area (Å²) in [5.41, 5.74) is 6.55.